The molecule has 0 atom stereocenters. The minimum atomic E-state index is -5.18. The Hall–Kier alpha value is -3.08. The van der Waals surface area contributed by atoms with E-state index in [-0.39, 0.29) is 19.2 Å². The van der Waals surface area contributed by atoms with E-state index in [9.17, 15) is 33.4 Å². The molecule has 0 spiro atoms. The lowest BCUT2D eigenvalue weighted by atomic mass is 10.1. The zero-order valence-electron chi connectivity index (χ0n) is 13.9. The Balaban J connectivity index is 4.08. The number of hydrogen-bond acceptors (Lipinski definition) is 6. The van der Waals surface area contributed by atoms with E-state index < -0.39 is 44.3 Å². The van der Waals surface area contributed by atoms with Gasteiger partial charge in [0.2, 0.25) is 0 Å². The molecule has 0 saturated carbocycles. The van der Waals surface area contributed by atoms with Gasteiger partial charge in [-0.2, -0.15) is 13.2 Å². The first-order chi connectivity index (χ1) is 12.1. The second kappa shape index (κ2) is 8.34. The molecule has 0 amide bonds. The van der Waals surface area contributed by atoms with Crippen LogP contribution in [-0.4, -0.2) is 22.9 Å². The van der Waals surface area contributed by atoms with Crippen LogP contribution in [0.5, 0.6) is 0 Å². The van der Waals surface area contributed by atoms with Crippen molar-refractivity contribution >= 4 is 22.7 Å². The molecule has 13 heteroatoms. The Labute approximate surface area is 145 Å². The quantitative estimate of drug-likeness (QED) is 0.204. The summed E-state index contributed by atoms with van der Waals surface area (Å²) in [6.07, 6.45) is -4.31. The molecule has 0 aromatic heterocycles. The van der Waals surface area contributed by atoms with Crippen molar-refractivity contribution in [2.45, 2.75) is 32.9 Å². The summed E-state index contributed by atoms with van der Waals surface area (Å²) < 4.78 is 39.7. The molecule has 0 N–H and O–H groups in total. The average molecular weight is 376 g/mol. The van der Waals surface area contributed by atoms with Crippen LogP contribution in [0.25, 0.3) is 10.4 Å². The highest BCUT2D eigenvalue weighted by atomic mass is 19.4. The molecule has 1 aromatic rings. The minimum absolute atomic E-state index is 0.136. The van der Waals surface area contributed by atoms with E-state index in [4.69, 9.17) is 5.53 Å². The molecule has 1 aromatic carbocycles. The maximum absolute atomic E-state index is 13.2. The van der Waals surface area contributed by atoms with Gasteiger partial charge in [-0.1, -0.05) is 19.0 Å². The third-order valence-electron chi connectivity index (χ3n) is 3.36. The zero-order valence-corrected chi connectivity index (χ0v) is 13.9. The van der Waals surface area contributed by atoms with Gasteiger partial charge in [-0.3, -0.25) is 20.2 Å². The Morgan fingerprint density at radius 1 is 1.19 bits per heavy atom. The summed E-state index contributed by atoms with van der Waals surface area (Å²) in [4.78, 5) is 24.0. The Kier molecular flexibility index (Phi) is 6.72. The number of nitro benzene ring substituents is 2. The van der Waals surface area contributed by atoms with E-state index in [2.05, 4.69) is 10.0 Å². The second-order valence-corrected chi connectivity index (χ2v) is 5.18. The topological polar surface area (TPSA) is 138 Å². The lowest BCUT2D eigenvalue weighted by Crippen LogP contribution is -2.27. The van der Waals surface area contributed by atoms with Gasteiger partial charge in [-0.15, -0.1) is 0 Å². The van der Waals surface area contributed by atoms with E-state index in [1.807, 2.05) is 0 Å². The smallest absolute Gasteiger partial charge is 0.360 e. The molecule has 0 saturated heterocycles. The fraction of sp³-hybridized carbons (Fsp3) is 0.538. The maximum atomic E-state index is 13.2. The molecule has 0 fully saturated rings. The molecule has 0 bridgehead atoms. The number of azide groups is 1. The van der Waals surface area contributed by atoms with Crippen LogP contribution in [0.1, 0.15) is 32.3 Å². The van der Waals surface area contributed by atoms with Gasteiger partial charge >= 0.3 is 11.9 Å². The van der Waals surface area contributed by atoms with Crippen molar-refractivity contribution in [2.75, 3.05) is 18.0 Å². The Bertz CT molecular complexity index is 755. The van der Waals surface area contributed by atoms with E-state index in [0.29, 0.717) is 12.8 Å². The lowest BCUT2D eigenvalue weighted by molar-refractivity contribution is -0.392. The summed E-state index contributed by atoms with van der Waals surface area (Å²) in [5.74, 6) is 0. The van der Waals surface area contributed by atoms with E-state index >= 15 is 0 Å². The van der Waals surface area contributed by atoms with Gasteiger partial charge in [0.25, 0.3) is 5.69 Å². The van der Waals surface area contributed by atoms with Crippen LogP contribution >= 0.6 is 0 Å². The Morgan fingerprint density at radius 3 is 2.08 bits per heavy atom. The minimum Gasteiger partial charge on any atom is -0.360 e. The summed E-state index contributed by atoms with van der Waals surface area (Å²) in [5, 5.41) is 25.7. The fourth-order valence-corrected chi connectivity index (χ4v) is 2.50. The van der Waals surface area contributed by atoms with Gasteiger partial charge in [0.15, 0.2) is 5.69 Å². The molecule has 0 aliphatic rings. The van der Waals surface area contributed by atoms with E-state index in [0.717, 1.165) is 0 Å². The van der Waals surface area contributed by atoms with Crippen molar-refractivity contribution in [2.24, 2.45) is 5.11 Å². The van der Waals surface area contributed by atoms with Crippen molar-refractivity contribution in [1.82, 2.24) is 0 Å². The molecule has 0 unspecified atom stereocenters. The summed E-state index contributed by atoms with van der Waals surface area (Å²) in [6, 6.07) is 0.171. The van der Waals surface area contributed by atoms with Gasteiger partial charge in [0.1, 0.15) is 5.69 Å². The van der Waals surface area contributed by atoms with Crippen LogP contribution in [0.15, 0.2) is 11.2 Å². The van der Waals surface area contributed by atoms with E-state index in [1.165, 1.54) is 4.90 Å². The molecule has 0 radical (unpaired) electrons. The number of rotatable bonds is 8. The van der Waals surface area contributed by atoms with Gasteiger partial charge in [0, 0.05) is 24.1 Å². The summed E-state index contributed by atoms with van der Waals surface area (Å²) in [7, 11) is 0. The number of anilines is 1. The van der Waals surface area contributed by atoms with Crippen molar-refractivity contribution < 1.29 is 23.0 Å². The highest BCUT2D eigenvalue weighted by molar-refractivity contribution is 5.85. The molecule has 0 aliphatic carbocycles. The number of hydrogen-bond donors (Lipinski definition) is 0. The summed E-state index contributed by atoms with van der Waals surface area (Å²) in [6.45, 7) is 3.69. The summed E-state index contributed by atoms with van der Waals surface area (Å²) in [5.41, 5.74) is 2.64. The van der Waals surface area contributed by atoms with Crippen LogP contribution in [0.4, 0.5) is 35.9 Å². The normalized spacial score (nSPS) is 11.0. The van der Waals surface area contributed by atoms with Crippen molar-refractivity contribution in [3.05, 3.63) is 42.3 Å². The molecular formula is C13H15F3N6O4. The predicted octanol–water partition coefficient (Wildman–Crippen LogP) is 5.09. The predicted molar refractivity (Wildman–Crippen MR) is 86.4 cm³/mol. The number of alkyl halides is 3. The van der Waals surface area contributed by atoms with Crippen LogP contribution in [0, 0.1) is 20.2 Å². The number of benzene rings is 1. The molecule has 0 heterocycles. The molecule has 10 nitrogen and oxygen atoms in total. The van der Waals surface area contributed by atoms with Crippen LogP contribution < -0.4 is 4.90 Å². The number of nitrogens with zero attached hydrogens (tertiary/aromatic N) is 6. The summed E-state index contributed by atoms with van der Waals surface area (Å²) >= 11 is 0. The van der Waals surface area contributed by atoms with Gasteiger partial charge < -0.3 is 4.90 Å². The van der Waals surface area contributed by atoms with Crippen molar-refractivity contribution in [1.29, 1.82) is 0 Å². The Morgan fingerprint density at radius 2 is 1.73 bits per heavy atom. The second-order valence-electron chi connectivity index (χ2n) is 5.18. The monoisotopic (exact) mass is 376 g/mol. The van der Waals surface area contributed by atoms with Gasteiger partial charge in [0.05, 0.1) is 15.4 Å². The standard InChI is InChI=1S/C13H15F3N6O4/c1-3-5-20(6-4-2)11-9(21(23)24)7-8(13(14,15)16)10(18-19-17)12(11)22(25)26/h7H,3-6H2,1-2H3. The molecular weight excluding hydrogens is 361 g/mol. The number of nitro groups is 2. The highest BCUT2D eigenvalue weighted by Crippen LogP contribution is 2.51. The van der Waals surface area contributed by atoms with Crippen molar-refractivity contribution in [3.63, 3.8) is 0 Å². The van der Waals surface area contributed by atoms with Crippen LogP contribution in [0.3, 0.4) is 0 Å². The largest absolute Gasteiger partial charge is 0.417 e. The first-order valence-corrected chi connectivity index (χ1v) is 7.47. The van der Waals surface area contributed by atoms with Gasteiger partial charge in [-0.05, 0) is 18.4 Å². The average Bonchev–Trinajstić information content (AvgIpc) is 2.52. The molecule has 142 valence electrons. The van der Waals surface area contributed by atoms with Crippen LogP contribution in [-0.2, 0) is 6.18 Å². The molecule has 26 heavy (non-hydrogen) atoms. The van der Waals surface area contributed by atoms with Crippen LogP contribution in [0.2, 0.25) is 0 Å². The van der Waals surface area contributed by atoms with Gasteiger partial charge in [-0.25, -0.2) is 0 Å². The number of halogens is 3. The maximum Gasteiger partial charge on any atom is 0.417 e. The SMILES string of the molecule is CCCN(CCC)c1c([N+](=O)[O-])cc(C(F)(F)F)c(N=[N+]=[N-])c1[N+](=O)[O-]. The third-order valence-corrected chi connectivity index (χ3v) is 3.36. The fourth-order valence-electron chi connectivity index (χ4n) is 2.50. The molecule has 0 aliphatic heterocycles. The first-order valence-electron chi connectivity index (χ1n) is 7.47. The molecule has 1 rings (SSSR count). The van der Waals surface area contributed by atoms with Crippen molar-refractivity contribution in [3.8, 4) is 0 Å². The highest BCUT2D eigenvalue weighted by Gasteiger charge is 2.43. The lowest BCUT2D eigenvalue weighted by Gasteiger charge is -2.24. The first kappa shape index (κ1) is 21.0. The zero-order chi connectivity index (χ0) is 20.1. The van der Waals surface area contributed by atoms with E-state index in [1.54, 1.807) is 13.8 Å². The third kappa shape index (κ3) is 4.30.